The lowest BCUT2D eigenvalue weighted by molar-refractivity contribution is -0.525. The summed E-state index contributed by atoms with van der Waals surface area (Å²) in [7, 11) is -2.21. The number of amides is 1. The van der Waals surface area contributed by atoms with Crippen LogP contribution in [-0.4, -0.2) is 96.0 Å². The van der Waals surface area contributed by atoms with Crippen LogP contribution in [0.15, 0.2) is 24.3 Å². The molecule has 246 valence electrons. The molecule has 0 spiro atoms. The Hall–Kier alpha value is -1.98. The summed E-state index contributed by atoms with van der Waals surface area (Å²) in [6, 6.07) is 3.12. The number of nitrogens with zero attached hydrogens (tertiary/aromatic N) is 3. The largest absolute Gasteiger partial charge is 0.456 e. The first kappa shape index (κ1) is 36.5. The lowest BCUT2D eigenvalue weighted by Gasteiger charge is -2.52. The number of thioether (sulfide) groups is 2. The van der Waals surface area contributed by atoms with Gasteiger partial charge in [0.2, 0.25) is 11.3 Å². The van der Waals surface area contributed by atoms with E-state index in [2.05, 4.69) is 33.9 Å². The summed E-state index contributed by atoms with van der Waals surface area (Å²) in [5.41, 5.74) is -0.0889. The molecule has 0 aliphatic carbocycles. The van der Waals surface area contributed by atoms with E-state index in [4.69, 9.17) is 22.7 Å². The Bertz CT molecular complexity index is 1320. The van der Waals surface area contributed by atoms with Crippen LogP contribution >= 0.6 is 31.1 Å². The quantitative estimate of drug-likeness (QED) is 0.0644. The van der Waals surface area contributed by atoms with E-state index in [0.717, 1.165) is 4.90 Å². The van der Waals surface area contributed by atoms with Gasteiger partial charge in [0.15, 0.2) is 8.32 Å². The molecule has 0 radical (unpaired) electrons. The first-order chi connectivity index (χ1) is 20.5. The van der Waals surface area contributed by atoms with Gasteiger partial charge in [0.25, 0.3) is 19.3 Å². The Morgan fingerprint density at radius 1 is 1.11 bits per heavy atom. The Balaban J connectivity index is 2.04. The molecule has 0 N–H and O–H groups in total. The molecular formula is C26H40N3O11PS2Si. The molecule has 1 amide bonds. The predicted octanol–water partition coefficient (Wildman–Crippen LogP) is 4.91. The summed E-state index contributed by atoms with van der Waals surface area (Å²) < 4.78 is 26.8. The molecule has 0 saturated carbocycles. The third-order valence-corrected chi connectivity index (χ3v) is 18.5. The average molecular weight is 694 g/mol. The van der Waals surface area contributed by atoms with Crippen molar-refractivity contribution < 1.29 is 42.2 Å². The highest BCUT2D eigenvalue weighted by Crippen LogP contribution is 2.62. The zero-order valence-corrected chi connectivity index (χ0v) is 29.8. The molecule has 44 heavy (non-hydrogen) atoms. The van der Waals surface area contributed by atoms with Gasteiger partial charge in [-0.1, -0.05) is 20.8 Å². The maximum Gasteiger partial charge on any atom is 0.362 e. The number of non-ortho nitro benzene ring substituents is 1. The fourth-order valence-electron chi connectivity index (χ4n) is 4.94. The zero-order valence-electron chi connectivity index (χ0n) is 26.3. The van der Waals surface area contributed by atoms with Crippen molar-refractivity contribution in [1.29, 1.82) is 0 Å². The molecule has 0 bridgehead atoms. The Morgan fingerprint density at radius 2 is 1.68 bits per heavy atom. The molecule has 4 atom stereocenters. The van der Waals surface area contributed by atoms with Gasteiger partial charge in [0.1, 0.15) is 22.0 Å². The summed E-state index contributed by atoms with van der Waals surface area (Å²) in [5.74, 6) is -1.55. The highest BCUT2D eigenvalue weighted by atomic mass is 32.2. The number of nitro groups is 2. The standard InChI is InChI=1S/C26H40N3O11PS2Si/c1-25(2,3)44(8,9)40-15-14-26-20(19(29(34)35)23(42-7)43-26)27(24(26)31)21(41(36-4,37-5)38-6)22(30)39-16-17-10-12-18(13-11-17)28(32)33/h10-13,19-20,23H,14-16H2,1-9H3/t19?,20-,23?,26+/m1/s1. The van der Waals surface area contributed by atoms with E-state index in [1.54, 1.807) is 6.26 Å². The Kier molecular flexibility index (Phi) is 11.4. The van der Waals surface area contributed by atoms with E-state index in [1.165, 1.54) is 69.1 Å². The third kappa shape index (κ3) is 6.61. The Morgan fingerprint density at radius 3 is 2.14 bits per heavy atom. The van der Waals surface area contributed by atoms with Crippen molar-refractivity contribution in [2.24, 2.45) is 0 Å². The molecule has 14 nitrogen and oxygen atoms in total. The van der Waals surface area contributed by atoms with Crippen molar-refractivity contribution >= 4 is 62.4 Å². The number of likely N-dealkylation sites (tertiary alicyclic amines) is 1. The fraction of sp³-hybridized carbons (Fsp3) is 0.654. The number of benzene rings is 1. The monoisotopic (exact) mass is 693 g/mol. The maximum absolute atomic E-state index is 14.3. The fourth-order valence-corrected chi connectivity index (χ4v) is 10.7. The van der Waals surface area contributed by atoms with E-state index in [0.29, 0.717) is 5.56 Å². The molecule has 1 aromatic carbocycles. The number of rotatable bonds is 14. The summed E-state index contributed by atoms with van der Waals surface area (Å²) in [5, 5.41) is 23.4. The number of esters is 1. The van der Waals surface area contributed by atoms with Crippen LogP contribution in [0.2, 0.25) is 18.1 Å². The van der Waals surface area contributed by atoms with Crippen molar-refractivity contribution in [3.8, 4) is 0 Å². The highest BCUT2D eigenvalue weighted by Gasteiger charge is 2.76. The number of hydrogen-bond donors (Lipinski definition) is 0. The molecule has 2 fully saturated rings. The second-order valence-corrected chi connectivity index (χ2v) is 21.8. The van der Waals surface area contributed by atoms with Gasteiger partial charge in [0.05, 0.1) is 4.92 Å². The number of nitro benzene ring substituents is 1. The van der Waals surface area contributed by atoms with Gasteiger partial charge in [0, 0.05) is 45.0 Å². The van der Waals surface area contributed by atoms with Crippen molar-refractivity contribution in [3.05, 3.63) is 50.1 Å². The lowest BCUT2D eigenvalue weighted by atomic mass is 9.80. The molecule has 2 saturated heterocycles. The van der Waals surface area contributed by atoms with Gasteiger partial charge in [-0.15, -0.1) is 23.5 Å². The first-order valence-corrected chi connectivity index (χ1v) is 20.2. The average Bonchev–Trinajstić information content (AvgIpc) is 3.26. The van der Waals surface area contributed by atoms with Crippen LogP contribution in [0.5, 0.6) is 0 Å². The van der Waals surface area contributed by atoms with Gasteiger partial charge in [-0.25, -0.2) is 4.79 Å². The zero-order chi connectivity index (χ0) is 33.3. The lowest BCUT2D eigenvalue weighted by Crippen LogP contribution is -2.76. The second kappa shape index (κ2) is 13.8. The van der Waals surface area contributed by atoms with Crippen molar-refractivity contribution in [1.82, 2.24) is 4.90 Å². The number of β-lactam (4-membered cyclic amide) rings is 1. The van der Waals surface area contributed by atoms with E-state index in [9.17, 15) is 29.8 Å². The predicted molar refractivity (Wildman–Crippen MR) is 173 cm³/mol. The molecule has 2 heterocycles. The van der Waals surface area contributed by atoms with Gasteiger partial charge < -0.3 is 22.7 Å². The number of fused-ring (bicyclic) bond motifs is 1. The molecule has 2 aliphatic rings. The van der Waals surface area contributed by atoms with Gasteiger partial charge in [-0.2, -0.15) is 0 Å². The molecule has 3 rings (SSSR count). The number of hydrogen-bond acceptors (Lipinski definition) is 13. The van der Waals surface area contributed by atoms with Gasteiger partial charge in [-0.3, -0.25) is 29.9 Å². The normalized spacial score (nSPS) is 23.6. The minimum absolute atomic E-state index is 0.0818. The van der Waals surface area contributed by atoms with Crippen molar-refractivity contribution in [3.63, 3.8) is 0 Å². The number of carbonyl (C=O) groups excluding carboxylic acids is 2. The van der Waals surface area contributed by atoms with Crippen LogP contribution in [0.25, 0.3) is 0 Å². The first-order valence-electron chi connectivity index (χ1n) is 13.6. The summed E-state index contributed by atoms with van der Waals surface area (Å²) in [4.78, 5) is 51.7. The highest BCUT2D eigenvalue weighted by molar-refractivity contribution is 8.18. The summed E-state index contributed by atoms with van der Waals surface area (Å²) >= 11 is 2.50. The van der Waals surface area contributed by atoms with Crippen LogP contribution in [0.3, 0.4) is 0 Å². The molecule has 1 aromatic rings. The van der Waals surface area contributed by atoms with Crippen LogP contribution in [0, 0.1) is 20.2 Å². The van der Waals surface area contributed by atoms with E-state index < -0.39 is 64.4 Å². The molecule has 2 unspecified atom stereocenters. The van der Waals surface area contributed by atoms with E-state index in [-0.39, 0.29) is 30.4 Å². The molecule has 18 heteroatoms. The molecule has 2 aliphatic heterocycles. The maximum atomic E-state index is 14.3. The van der Waals surface area contributed by atoms with Crippen molar-refractivity contribution in [2.45, 2.75) is 73.3 Å². The van der Waals surface area contributed by atoms with Crippen molar-refractivity contribution in [2.75, 3.05) is 34.2 Å². The Labute approximate surface area is 266 Å². The number of carbonyl (C=O) groups is 2. The second-order valence-electron chi connectivity index (χ2n) is 11.7. The topological polar surface area (TPSA) is 170 Å². The van der Waals surface area contributed by atoms with Crippen LogP contribution < -0.4 is 0 Å². The molecular weight excluding hydrogens is 653 g/mol. The van der Waals surface area contributed by atoms with Crippen LogP contribution in [-0.2, 0) is 38.9 Å². The van der Waals surface area contributed by atoms with E-state index >= 15 is 0 Å². The minimum atomic E-state index is -3.75. The van der Waals surface area contributed by atoms with Crippen LogP contribution in [0.4, 0.5) is 5.69 Å². The SMILES string of the molecule is COP(OC)(OC)=C(C(=O)OCc1ccc([N+](=O)[O-])cc1)N1C(=O)[C@@]2(CCO[Si](C)(C)C(C)(C)C)SC(SC)C([N+](=O)[O-])[C@@H]12. The smallest absolute Gasteiger partial charge is 0.362 e. The van der Waals surface area contributed by atoms with E-state index in [1.807, 2.05) is 0 Å². The minimum Gasteiger partial charge on any atom is -0.456 e. The summed E-state index contributed by atoms with van der Waals surface area (Å²) in [6.45, 7) is 10.4. The number of ether oxygens (including phenoxy) is 1. The third-order valence-electron chi connectivity index (χ3n) is 8.39. The van der Waals surface area contributed by atoms with Gasteiger partial charge >= 0.3 is 5.97 Å². The van der Waals surface area contributed by atoms with Gasteiger partial charge in [-0.05, 0) is 48.5 Å². The van der Waals surface area contributed by atoms with Crippen LogP contribution in [0.1, 0.15) is 32.8 Å². The summed E-state index contributed by atoms with van der Waals surface area (Å²) in [6.07, 6.45) is 1.95. The molecule has 0 aromatic heterocycles.